The van der Waals surface area contributed by atoms with Crippen LogP contribution in [-0.4, -0.2) is 37.6 Å². The monoisotopic (exact) mass is 352 g/mol. The van der Waals surface area contributed by atoms with E-state index in [4.69, 9.17) is 4.74 Å². The molecule has 3 rings (SSSR count). The Labute approximate surface area is 156 Å². The fraction of sp³-hybridized carbons (Fsp3) is 0.409. The first-order valence-corrected chi connectivity index (χ1v) is 9.30. The molecule has 1 amide bonds. The molecule has 4 nitrogen and oxygen atoms in total. The van der Waals surface area contributed by atoms with Crippen LogP contribution in [-0.2, 0) is 4.79 Å². The lowest BCUT2D eigenvalue weighted by molar-refractivity contribution is -0.134. The van der Waals surface area contributed by atoms with Gasteiger partial charge in [0.05, 0.1) is 13.2 Å². The maximum absolute atomic E-state index is 13.1. The van der Waals surface area contributed by atoms with Gasteiger partial charge >= 0.3 is 0 Å². The van der Waals surface area contributed by atoms with Crippen molar-refractivity contribution in [3.05, 3.63) is 65.2 Å². The predicted molar refractivity (Wildman–Crippen MR) is 105 cm³/mol. The highest BCUT2D eigenvalue weighted by molar-refractivity contribution is 5.78. The predicted octanol–water partition coefficient (Wildman–Crippen LogP) is 3.67. The molecule has 1 fully saturated rings. The molecular weight excluding hydrogens is 324 g/mol. The van der Waals surface area contributed by atoms with Crippen molar-refractivity contribution in [2.24, 2.45) is 0 Å². The van der Waals surface area contributed by atoms with E-state index in [-0.39, 0.29) is 17.9 Å². The number of amides is 1. The third-order valence-electron chi connectivity index (χ3n) is 5.26. The molecule has 0 saturated carbocycles. The van der Waals surface area contributed by atoms with Crippen LogP contribution < -0.4 is 10.1 Å². The molecule has 2 aromatic carbocycles. The lowest BCUT2D eigenvalue weighted by atomic mass is 9.92. The van der Waals surface area contributed by atoms with Gasteiger partial charge in [-0.05, 0) is 30.0 Å². The highest BCUT2D eigenvalue weighted by Crippen LogP contribution is 2.32. The number of piperazine rings is 1. The lowest BCUT2D eigenvalue weighted by Crippen LogP contribution is -2.49. The van der Waals surface area contributed by atoms with Crippen LogP contribution in [0.4, 0.5) is 0 Å². The lowest BCUT2D eigenvalue weighted by Gasteiger charge is -2.37. The van der Waals surface area contributed by atoms with Gasteiger partial charge in [-0.3, -0.25) is 4.79 Å². The third kappa shape index (κ3) is 3.91. The van der Waals surface area contributed by atoms with E-state index in [0.717, 1.165) is 30.9 Å². The molecule has 1 N–H and O–H groups in total. The topological polar surface area (TPSA) is 41.6 Å². The van der Waals surface area contributed by atoms with Crippen LogP contribution in [0.1, 0.15) is 42.0 Å². The maximum atomic E-state index is 13.1. The van der Waals surface area contributed by atoms with Gasteiger partial charge in [-0.15, -0.1) is 0 Å². The van der Waals surface area contributed by atoms with Gasteiger partial charge in [-0.2, -0.15) is 0 Å². The van der Waals surface area contributed by atoms with Crippen molar-refractivity contribution in [3.63, 3.8) is 0 Å². The Kier molecular flexibility index (Phi) is 5.94. The maximum Gasteiger partial charge on any atom is 0.223 e. The van der Waals surface area contributed by atoms with Gasteiger partial charge in [0.25, 0.3) is 0 Å². The Bertz CT molecular complexity index is 759. The van der Waals surface area contributed by atoms with Crippen LogP contribution in [0.15, 0.2) is 48.5 Å². The summed E-state index contributed by atoms with van der Waals surface area (Å²) in [5.74, 6) is 1.25. The summed E-state index contributed by atoms with van der Waals surface area (Å²) in [7, 11) is 1.68. The Morgan fingerprint density at radius 3 is 2.73 bits per heavy atom. The van der Waals surface area contributed by atoms with Crippen molar-refractivity contribution in [1.29, 1.82) is 0 Å². The van der Waals surface area contributed by atoms with Crippen LogP contribution in [0.25, 0.3) is 0 Å². The van der Waals surface area contributed by atoms with Crippen LogP contribution in [0.3, 0.4) is 0 Å². The first kappa shape index (κ1) is 18.5. The molecule has 2 unspecified atom stereocenters. The van der Waals surface area contributed by atoms with Crippen LogP contribution in [0.5, 0.6) is 5.75 Å². The van der Waals surface area contributed by atoms with Gasteiger partial charge in [-0.1, -0.05) is 49.4 Å². The zero-order valence-electron chi connectivity index (χ0n) is 15.9. The minimum Gasteiger partial charge on any atom is -0.496 e. The molecule has 0 aromatic heterocycles. The molecule has 0 bridgehead atoms. The fourth-order valence-corrected chi connectivity index (χ4v) is 3.85. The standard InChI is InChI=1S/C22H28N2O2/c1-16-8-4-5-9-18(16)17(2)14-22(25)24-13-12-23-15-20(24)19-10-6-7-11-21(19)26-3/h4-11,17,20,23H,12-15H2,1-3H3. The quantitative estimate of drug-likeness (QED) is 0.893. The zero-order chi connectivity index (χ0) is 18.5. The number of aryl methyl sites for hydroxylation is 1. The summed E-state index contributed by atoms with van der Waals surface area (Å²) >= 11 is 0. The summed E-state index contributed by atoms with van der Waals surface area (Å²) in [5, 5.41) is 3.41. The van der Waals surface area contributed by atoms with Gasteiger partial charge < -0.3 is 15.0 Å². The molecule has 26 heavy (non-hydrogen) atoms. The summed E-state index contributed by atoms with van der Waals surface area (Å²) in [6, 6.07) is 16.3. The Morgan fingerprint density at radius 1 is 1.23 bits per heavy atom. The van der Waals surface area contributed by atoms with Crippen molar-refractivity contribution >= 4 is 5.91 Å². The molecule has 1 aliphatic heterocycles. The number of rotatable bonds is 5. The number of nitrogens with one attached hydrogen (secondary N) is 1. The molecule has 1 heterocycles. The Hall–Kier alpha value is -2.33. The second-order valence-corrected chi connectivity index (χ2v) is 7.01. The summed E-state index contributed by atoms with van der Waals surface area (Å²) < 4.78 is 5.53. The smallest absolute Gasteiger partial charge is 0.223 e. The molecule has 1 aliphatic rings. The minimum absolute atomic E-state index is 0.0106. The first-order chi connectivity index (χ1) is 12.6. The third-order valence-corrected chi connectivity index (χ3v) is 5.26. The number of carbonyl (C=O) groups is 1. The number of benzene rings is 2. The number of carbonyl (C=O) groups excluding carboxylic acids is 1. The minimum atomic E-state index is 0.0106. The zero-order valence-corrected chi connectivity index (χ0v) is 15.9. The van der Waals surface area contributed by atoms with Crippen LogP contribution >= 0.6 is 0 Å². The molecule has 0 radical (unpaired) electrons. The molecule has 138 valence electrons. The highest BCUT2D eigenvalue weighted by Gasteiger charge is 2.30. The van der Waals surface area contributed by atoms with Gasteiger partial charge in [0.15, 0.2) is 0 Å². The van der Waals surface area contributed by atoms with Crippen molar-refractivity contribution in [3.8, 4) is 5.75 Å². The first-order valence-electron chi connectivity index (χ1n) is 9.30. The molecule has 2 aromatic rings. The van der Waals surface area contributed by atoms with E-state index in [1.165, 1.54) is 11.1 Å². The number of methoxy groups -OCH3 is 1. The van der Waals surface area contributed by atoms with Crippen LogP contribution in [0, 0.1) is 6.92 Å². The average Bonchev–Trinajstić information content (AvgIpc) is 2.68. The van der Waals surface area contributed by atoms with Gasteiger partial charge in [-0.25, -0.2) is 0 Å². The van der Waals surface area contributed by atoms with Crippen molar-refractivity contribution in [2.45, 2.75) is 32.2 Å². The average molecular weight is 352 g/mol. The summed E-state index contributed by atoms with van der Waals surface area (Å²) in [5.41, 5.74) is 3.57. The van der Waals surface area contributed by atoms with E-state index in [0.29, 0.717) is 6.42 Å². The molecular formula is C22H28N2O2. The van der Waals surface area contributed by atoms with Gasteiger partial charge in [0.1, 0.15) is 5.75 Å². The van der Waals surface area contributed by atoms with Crippen LogP contribution in [0.2, 0.25) is 0 Å². The van der Waals surface area contributed by atoms with Crippen molar-refractivity contribution < 1.29 is 9.53 Å². The number of ether oxygens (including phenoxy) is 1. The van der Waals surface area contributed by atoms with E-state index < -0.39 is 0 Å². The Morgan fingerprint density at radius 2 is 1.96 bits per heavy atom. The highest BCUT2D eigenvalue weighted by atomic mass is 16.5. The van der Waals surface area contributed by atoms with Gasteiger partial charge in [0, 0.05) is 31.6 Å². The largest absolute Gasteiger partial charge is 0.496 e. The summed E-state index contributed by atoms with van der Waals surface area (Å²) in [4.78, 5) is 15.2. The molecule has 0 spiro atoms. The number of hydrogen-bond acceptors (Lipinski definition) is 3. The van der Waals surface area contributed by atoms with E-state index in [9.17, 15) is 4.79 Å². The SMILES string of the molecule is COc1ccccc1C1CNCCN1C(=O)CC(C)c1ccccc1C. The number of nitrogens with zero attached hydrogens (tertiary/aromatic N) is 1. The fourth-order valence-electron chi connectivity index (χ4n) is 3.85. The summed E-state index contributed by atoms with van der Waals surface area (Å²) in [6.07, 6.45) is 0.524. The Balaban J connectivity index is 1.79. The summed E-state index contributed by atoms with van der Waals surface area (Å²) in [6.45, 7) is 6.56. The van der Waals surface area contributed by atoms with Crippen molar-refractivity contribution in [2.75, 3.05) is 26.7 Å². The molecule has 4 heteroatoms. The van der Waals surface area contributed by atoms with Crippen molar-refractivity contribution in [1.82, 2.24) is 10.2 Å². The van der Waals surface area contributed by atoms with Gasteiger partial charge in [0.2, 0.25) is 5.91 Å². The second-order valence-electron chi connectivity index (χ2n) is 7.01. The molecule has 1 saturated heterocycles. The van der Waals surface area contributed by atoms with E-state index in [2.05, 4.69) is 37.4 Å². The van der Waals surface area contributed by atoms with E-state index in [1.807, 2.05) is 35.2 Å². The van der Waals surface area contributed by atoms with E-state index >= 15 is 0 Å². The number of hydrogen-bond donors (Lipinski definition) is 1. The van der Waals surface area contributed by atoms with E-state index in [1.54, 1.807) is 7.11 Å². The number of para-hydroxylation sites is 1. The normalized spacial score (nSPS) is 18.4. The second kappa shape index (κ2) is 8.37. The molecule has 0 aliphatic carbocycles. The molecule has 2 atom stereocenters.